The number of aliphatic hydroxyl groups is 1. The van der Waals surface area contributed by atoms with Gasteiger partial charge in [0.1, 0.15) is 0 Å². The molecule has 0 amide bonds. The third kappa shape index (κ3) is 4.09. The highest BCUT2D eigenvalue weighted by atomic mass is 16.3. The van der Waals surface area contributed by atoms with Crippen LogP contribution in [0.25, 0.3) is 0 Å². The van der Waals surface area contributed by atoms with Gasteiger partial charge in [0.2, 0.25) is 0 Å². The highest BCUT2D eigenvalue weighted by Crippen LogP contribution is 2.15. The van der Waals surface area contributed by atoms with Gasteiger partial charge in [-0.15, -0.1) is 0 Å². The molecule has 1 rings (SSSR count). The maximum Gasteiger partial charge on any atom is 0.0718 e. The maximum absolute atomic E-state index is 9.81. The van der Waals surface area contributed by atoms with Crippen LogP contribution in [0.4, 0.5) is 0 Å². The lowest BCUT2D eigenvalue weighted by Crippen LogP contribution is -2.56. The van der Waals surface area contributed by atoms with Gasteiger partial charge in [-0.1, -0.05) is 0 Å². The minimum absolute atomic E-state index is 0.549. The summed E-state index contributed by atoms with van der Waals surface area (Å²) < 4.78 is 0. The van der Waals surface area contributed by atoms with E-state index in [1.807, 2.05) is 13.8 Å². The topological polar surface area (TPSA) is 26.7 Å². The molecule has 0 bridgehead atoms. The molecule has 15 heavy (non-hydrogen) atoms. The number of piperazine rings is 1. The largest absolute Gasteiger partial charge is 0.389 e. The molecule has 0 spiro atoms. The second kappa shape index (κ2) is 4.81. The summed E-state index contributed by atoms with van der Waals surface area (Å²) in [7, 11) is 0. The third-order valence-electron chi connectivity index (χ3n) is 3.12. The lowest BCUT2D eigenvalue weighted by Gasteiger charge is -2.43. The van der Waals surface area contributed by atoms with Crippen molar-refractivity contribution in [2.45, 2.75) is 52.3 Å². The van der Waals surface area contributed by atoms with Crippen LogP contribution >= 0.6 is 0 Å². The number of β-amino-alcohol motifs (C(OH)–C–C–N with tert-alkyl or cyclic N) is 1. The molecule has 0 radical (unpaired) electrons. The number of rotatable bonds is 3. The maximum atomic E-state index is 9.81. The Bertz CT molecular complexity index is 198. The van der Waals surface area contributed by atoms with Gasteiger partial charge in [-0.3, -0.25) is 9.80 Å². The average Bonchev–Trinajstić information content (AvgIpc) is 2.05. The van der Waals surface area contributed by atoms with Crippen molar-refractivity contribution in [2.75, 3.05) is 26.2 Å². The van der Waals surface area contributed by atoms with E-state index < -0.39 is 5.60 Å². The minimum Gasteiger partial charge on any atom is -0.389 e. The van der Waals surface area contributed by atoms with E-state index in [1.54, 1.807) is 0 Å². The highest BCUT2D eigenvalue weighted by molar-refractivity contribution is 4.84. The zero-order valence-electron chi connectivity index (χ0n) is 10.8. The first-order valence-corrected chi connectivity index (χ1v) is 6.00. The van der Waals surface area contributed by atoms with Crippen LogP contribution in [-0.4, -0.2) is 58.8 Å². The molecule has 1 aliphatic heterocycles. The van der Waals surface area contributed by atoms with Crippen molar-refractivity contribution in [3.8, 4) is 0 Å². The van der Waals surface area contributed by atoms with Gasteiger partial charge < -0.3 is 5.11 Å². The summed E-state index contributed by atoms with van der Waals surface area (Å²) in [6.07, 6.45) is 0. The molecule has 1 fully saturated rings. The van der Waals surface area contributed by atoms with Crippen molar-refractivity contribution in [1.29, 1.82) is 0 Å². The fraction of sp³-hybridized carbons (Fsp3) is 1.00. The molecule has 1 saturated heterocycles. The zero-order chi connectivity index (χ0) is 11.6. The summed E-state index contributed by atoms with van der Waals surface area (Å²) >= 11 is 0. The van der Waals surface area contributed by atoms with E-state index in [0.717, 1.165) is 26.2 Å². The zero-order valence-corrected chi connectivity index (χ0v) is 10.8. The van der Waals surface area contributed by atoms with Crippen LogP contribution in [0.1, 0.15) is 34.6 Å². The fourth-order valence-corrected chi connectivity index (χ4v) is 2.22. The lowest BCUT2D eigenvalue weighted by molar-refractivity contribution is -0.00902. The summed E-state index contributed by atoms with van der Waals surface area (Å²) in [5.74, 6) is 0. The summed E-state index contributed by atoms with van der Waals surface area (Å²) in [5.41, 5.74) is -0.575. The van der Waals surface area contributed by atoms with Crippen LogP contribution in [0, 0.1) is 0 Å². The molecule has 1 unspecified atom stereocenters. The smallest absolute Gasteiger partial charge is 0.0718 e. The molecule has 3 nitrogen and oxygen atoms in total. The molecule has 0 aromatic carbocycles. The monoisotopic (exact) mass is 214 g/mol. The van der Waals surface area contributed by atoms with Crippen LogP contribution in [0.5, 0.6) is 0 Å². The molecule has 0 aromatic heterocycles. The van der Waals surface area contributed by atoms with Crippen molar-refractivity contribution in [2.24, 2.45) is 0 Å². The molecule has 90 valence electrons. The van der Waals surface area contributed by atoms with Crippen LogP contribution in [0.3, 0.4) is 0 Å². The van der Waals surface area contributed by atoms with E-state index >= 15 is 0 Å². The lowest BCUT2D eigenvalue weighted by atomic mass is 10.1. The first-order valence-electron chi connectivity index (χ1n) is 6.00. The van der Waals surface area contributed by atoms with Crippen molar-refractivity contribution < 1.29 is 5.11 Å². The molecule has 0 saturated carbocycles. The quantitative estimate of drug-likeness (QED) is 0.764. The molecule has 1 atom stereocenters. The molecule has 3 heteroatoms. The van der Waals surface area contributed by atoms with E-state index in [1.165, 1.54) is 0 Å². The Hall–Kier alpha value is -0.120. The molecule has 1 heterocycles. The summed E-state index contributed by atoms with van der Waals surface area (Å²) in [6, 6.07) is 1.18. The van der Waals surface area contributed by atoms with Gasteiger partial charge in [0.05, 0.1) is 5.60 Å². The first-order chi connectivity index (χ1) is 6.79. The van der Waals surface area contributed by atoms with Crippen molar-refractivity contribution in [3.63, 3.8) is 0 Å². The average molecular weight is 214 g/mol. The van der Waals surface area contributed by atoms with Crippen LogP contribution in [-0.2, 0) is 0 Å². The van der Waals surface area contributed by atoms with Crippen molar-refractivity contribution in [1.82, 2.24) is 9.80 Å². The molecule has 1 N–H and O–H groups in total. The predicted molar refractivity (Wildman–Crippen MR) is 64.0 cm³/mol. The molecular weight excluding hydrogens is 188 g/mol. The minimum atomic E-state index is -0.575. The van der Waals surface area contributed by atoms with Gasteiger partial charge in [0, 0.05) is 38.3 Å². The van der Waals surface area contributed by atoms with E-state index in [0.29, 0.717) is 12.1 Å². The van der Waals surface area contributed by atoms with Gasteiger partial charge >= 0.3 is 0 Å². The van der Waals surface area contributed by atoms with E-state index in [2.05, 4.69) is 30.6 Å². The van der Waals surface area contributed by atoms with Gasteiger partial charge in [-0.2, -0.15) is 0 Å². The van der Waals surface area contributed by atoms with E-state index in [-0.39, 0.29) is 0 Å². The van der Waals surface area contributed by atoms with E-state index in [4.69, 9.17) is 0 Å². The van der Waals surface area contributed by atoms with Gasteiger partial charge in [0.25, 0.3) is 0 Å². The third-order valence-corrected chi connectivity index (χ3v) is 3.12. The molecule has 1 aliphatic rings. The Morgan fingerprint density at radius 3 is 2.33 bits per heavy atom. The highest BCUT2D eigenvalue weighted by Gasteiger charge is 2.28. The molecule has 0 aromatic rings. The standard InChI is InChI=1S/C12H26N2O/c1-10(2)13-6-7-14(11(3)8-13)9-12(4,5)15/h10-11,15H,6-9H2,1-5H3. The van der Waals surface area contributed by atoms with Crippen LogP contribution in [0.2, 0.25) is 0 Å². The van der Waals surface area contributed by atoms with Crippen molar-refractivity contribution in [3.05, 3.63) is 0 Å². The Morgan fingerprint density at radius 1 is 1.33 bits per heavy atom. The van der Waals surface area contributed by atoms with Gasteiger partial charge in [-0.05, 0) is 34.6 Å². The summed E-state index contributed by atoms with van der Waals surface area (Å²) in [6.45, 7) is 14.6. The summed E-state index contributed by atoms with van der Waals surface area (Å²) in [4.78, 5) is 4.89. The normalized spacial score (nSPS) is 26.2. The Labute approximate surface area is 94.1 Å². The Kier molecular flexibility index (Phi) is 4.15. The summed E-state index contributed by atoms with van der Waals surface area (Å²) in [5, 5.41) is 9.81. The SMILES string of the molecule is CC(C)N1CCN(CC(C)(C)O)C(C)C1. The number of nitrogens with zero attached hydrogens (tertiary/aromatic N) is 2. The van der Waals surface area contributed by atoms with Crippen molar-refractivity contribution >= 4 is 0 Å². The number of hydrogen-bond donors (Lipinski definition) is 1. The van der Waals surface area contributed by atoms with Crippen LogP contribution < -0.4 is 0 Å². The second-order valence-corrected chi connectivity index (χ2v) is 5.72. The second-order valence-electron chi connectivity index (χ2n) is 5.72. The Morgan fingerprint density at radius 2 is 1.93 bits per heavy atom. The van der Waals surface area contributed by atoms with E-state index in [9.17, 15) is 5.11 Å². The van der Waals surface area contributed by atoms with Crippen LogP contribution in [0.15, 0.2) is 0 Å². The molecule has 0 aliphatic carbocycles. The Balaban J connectivity index is 2.46. The first kappa shape index (κ1) is 12.9. The number of hydrogen-bond acceptors (Lipinski definition) is 3. The molecular formula is C12H26N2O. The predicted octanol–water partition coefficient (Wildman–Crippen LogP) is 1.17. The van der Waals surface area contributed by atoms with Gasteiger partial charge in [0.15, 0.2) is 0 Å². The fourth-order valence-electron chi connectivity index (χ4n) is 2.22. The van der Waals surface area contributed by atoms with Gasteiger partial charge in [-0.25, -0.2) is 0 Å².